The fourth-order valence-electron chi connectivity index (χ4n) is 4.99. The number of rotatable bonds is 5. The first kappa shape index (κ1) is 25.2. The van der Waals surface area contributed by atoms with Crippen molar-refractivity contribution in [1.29, 1.82) is 0 Å². The average Bonchev–Trinajstić information content (AvgIpc) is 2.78. The fraction of sp³-hybridized carbons (Fsp3) is 0.483. The molecule has 4 nitrogen and oxygen atoms in total. The summed E-state index contributed by atoms with van der Waals surface area (Å²) in [5, 5.41) is 24.0. The monoisotopic (exact) mass is 449 g/mol. The van der Waals surface area contributed by atoms with Gasteiger partial charge in [-0.05, 0) is 39.0 Å². The minimum Gasteiger partial charge on any atom is -0.389 e. The Hall–Kier alpha value is -2.43. The van der Waals surface area contributed by atoms with Crippen LogP contribution in [-0.2, 0) is 4.79 Å². The van der Waals surface area contributed by atoms with Gasteiger partial charge in [-0.25, -0.2) is 0 Å². The number of piperidine rings is 1. The Bertz CT molecular complexity index is 889. The van der Waals surface area contributed by atoms with Gasteiger partial charge in [0.15, 0.2) is 0 Å². The summed E-state index contributed by atoms with van der Waals surface area (Å²) in [6, 6.07) is 0.129. The van der Waals surface area contributed by atoms with Gasteiger partial charge in [-0.3, -0.25) is 4.79 Å². The Kier molecular flexibility index (Phi) is 9.28. The topological polar surface area (TPSA) is 69.6 Å². The number of amides is 1. The van der Waals surface area contributed by atoms with Crippen LogP contribution in [0.15, 0.2) is 84.1 Å². The summed E-state index contributed by atoms with van der Waals surface area (Å²) in [4.78, 5) is 13.0. The van der Waals surface area contributed by atoms with E-state index in [0.29, 0.717) is 0 Å². The standard InChI is InChI=1S/C29H39NO3/c1-4-5-6-7-8-9-12-24-19-22-15-14-20(2)18-23-16-17-26(31)28(32)27(23)21(3)11-10-13-25(22)29(33)30-24/h6-11,13-18,22-28,31-32H,4-5,12,19H2,1-3H3,(H,30,33)/b7-6+,9-8+,13-10?,15-14-,20-18-,21-11-/t22-,23+,24+,25+,26+,27+,28+/m0/s1. The van der Waals surface area contributed by atoms with Gasteiger partial charge in [0.2, 0.25) is 5.91 Å². The van der Waals surface area contributed by atoms with Crippen LogP contribution in [0.1, 0.15) is 46.5 Å². The first-order valence-corrected chi connectivity index (χ1v) is 12.3. The molecule has 0 radical (unpaired) electrons. The first-order chi connectivity index (χ1) is 15.9. The zero-order chi connectivity index (χ0) is 23.8. The second kappa shape index (κ2) is 12.2. The number of hydrogen-bond donors (Lipinski definition) is 3. The van der Waals surface area contributed by atoms with Crippen LogP contribution in [0.25, 0.3) is 0 Å². The van der Waals surface area contributed by atoms with Crippen LogP contribution in [0.2, 0.25) is 0 Å². The molecule has 0 unspecified atom stereocenters. The van der Waals surface area contributed by atoms with Gasteiger partial charge >= 0.3 is 0 Å². The molecular weight excluding hydrogens is 410 g/mol. The van der Waals surface area contributed by atoms with E-state index >= 15 is 0 Å². The van der Waals surface area contributed by atoms with Crippen molar-refractivity contribution < 1.29 is 15.0 Å². The third kappa shape index (κ3) is 6.78. The molecule has 3 rings (SSSR count). The molecule has 0 bridgehead atoms. The zero-order valence-corrected chi connectivity index (χ0v) is 20.1. The van der Waals surface area contributed by atoms with Crippen molar-refractivity contribution in [3.05, 3.63) is 84.1 Å². The van der Waals surface area contributed by atoms with Gasteiger partial charge in [0.25, 0.3) is 0 Å². The molecule has 7 atom stereocenters. The Morgan fingerprint density at radius 3 is 2.67 bits per heavy atom. The Morgan fingerprint density at radius 2 is 1.88 bits per heavy atom. The summed E-state index contributed by atoms with van der Waals surface area (Å²) in [6.07, 6.45) is 26.7. The minimum atomic E-state index is -0.864. The van der Waals surface area contributed by atoms with Crippen molar-refractivity contribution in [2.75, 3.05) is 0 Å². The zero-order valence-electron chi connectivity index (χ0n) is 20.1. The largest absolute Gasteiger partial charge is 0.389 e. The van der Waals surface area contributed by atoms with Gasteiger partial charge in [0.1, 0.15) is 0 Å². The van der Waals surface area contributed by atoms with Crippen molar-refractivity contribution in [2.45, 2.75) is 64.7 Å². The summed E-state index contributed by atoms with van der Waals surface area (Å²) in [5.74, 6) is -0.215. The van der Waals surface area contributed by atoms with Crippen LogP contribution < -0.4 is 5.32 Å². The van der Waals surface area contributed by atoms with E-state index in [-0.39, 0.29) is 35.6 Å². The van der Waals surface area contributed by atoms with E-state index in [9.17, 15) is 15.0 Å². The van der Waals surface area contributed by atoms with Crippen molar-refractivity contribution in [2.24, 2.45) is 23.7 Å². The second-order valence-electron chi connectivity index (χ2n) is 9.55. The smallest absolute Gasteiger partial charge is 0.227 e. The molecule has 0 aromatic rings. The van der Waals surface area contributed by atoms with E-state index in [1.807, 2.05) is 31.2 Å². The van der Waals surface area contributed by atoms with Crippen molar-refractivity contribution in [1.82, 2.24) is 5.32 Å². The van der Waals surface area contributed by atoms with Crippen LogP contribution in [0, 0.1) is 23.7 Å². The van der Waals surface area contributed by atoms with Crippen LogP contribution in [0.3, 0.4) is 0 Å². The van der Waals surface area contributed by atoms with Gasteiger partial charge in [-0.1, -0.05) is 97.4 Å². The van der Waals surface area contributed by atoms with Crippen LogP contribution in [0.5, 0.6) is 0 Å². The van der Waals surface area contributed by atoms with Gasteiger partial charge in [-0.15, -0.1) is 0 Å². The minimum absolute atomic E-state index is 0.0150. The fourth-order valence-corrected chi connectivity index (χ4v) is 4.99. The highest BCUT2D eigenvalue weighted by Crippen LogP contribution is 2.34. The molecule has 178 valence electrons. The van der Waals surface area contributed by atoms with Gasteiger partial charge < -0.3 is 15.5 Å². The molecule has 1 amide bonds. The Labute approximate surface area is 198 Å². The van der Waals surface area contributed by atoms with Crippen LogP contribution >= 0.6 is 0 Å². The van der Waals surface area contributed by atoms with Gasteiger partial charge in [-0.2, -0.15) is 0 Å². The first-order valence-electron chi connectivity index (χ1n) is 12.3. The predicted molar refractivity (Wildman–Crippen MR) is 135 cm³/mol. The van der Waals surface area contributed by atoms with E-state index in [1.54, 1.807) is 6.08 Å². The number of hydrogen-bond acceptors (Lipinski definition) is 3. The SMILES string of the molecule is CCC/C=C/C=C/C[C@@H]1C[C@@H]2/C=C\C(C)=C/[C@H]3C=C[C@@H](O)[C@@H](O)[C@@H]3/C(C)=C\C=C[C@H]2C(=O)N1. The molecule has 0 aromatic heterocycles. The van der Waals surface area contributed by atoms with Crippen LogP contribution in [-0.4, -0.2) is 34.4 Å². The second-order valence-corrected chi connectivity index (χ2v) is 9.55. The van der Waals surface area contributed by atoms with Gasteiger partial charge in [0, 0.05) is 17.9 Å². The normalized spacial score (nSPS) is 38.9. The lowest BCUT2D eigenvalue weighted by molar-refractivity contribution is -0.127. The van der Waals surface area contributed by atoms with Crippen molar-refractivity contribution >= 4 is 5.91 Å². The maximum atomic E-state index is 13.0. The van der Waals surface area contributed by atoms with E-state index in [2.05, 4.69) is 61.7 Å². The van der Waals surface area contributed by atoms with Gasteiger partial charge in [0.05, 0.1) is 18.1 Å². The number of unbranched alkanes of at least 4 members (excludes halogenated alkanes) is 1. The number of fused-ring (bicyclic) bond motifs is 2. The highest BCUT2D eigenvalue weighted by atomic mass is 16.3. The summed E-state index contributed by atoms with van der Waals surface area (Å²) in [7, 11) is 0. The highest BCUT2D eigenvalue weighted by Gasteiger charge is 2.35. The highest BCUT2D eigenvalue weighted by molar-refractivity contribution is 5.82. The summed E-state index contributed by atoms with van der Waals surface area (Å²) in [5.41, 5.74) is 2.09. The summed E-state index contributed by atoms with van der Waals surface area (Å²) < 4.78 is 0. The van der Waals surface area contributed by atoms with Crippen LogP contribution in [0.4, 0.5) is 0 Å². The summed E-state index contributed by atoms with van der Waals surface area (Å²) in [6.45, 7) is 6.21. The molecule has 1 heterocycles. The number of aliphatic hydroxyl groups is 2. The van der Waals surface area contributed by atoms with Crippen molar-refractivity contribution in [3.63, 3.8) is 0 Å². The predicted octanol–water partition coefficient (Wildman–Crippen LogP) is 4.95. The van der Waals surface area contributed by atoms with E-state index in [4.69, 9.17) is 0 Å². The van der Waals surface area contributed by atoms with E-state index in [0.717, 1.165) is 36.8 Å². The number of aliphatic hydroxyl groups excluding tert-OH is 2. The number of nitrogens with one attached hydrogen (secondary N) is 1. The third-order valence-electron chi connectivity index (χ3n) is 6.85. The molecule has 33 heavy (non-hydrogen) atoms. The maximum absolute atomic E-state index is 13.0. The van der Waals surface area contributed by atoms with E-state index < -0.39 is 12.2 Å². The van der Waals surface area contributed by atoms with E-state index in [1.165, 1.54) is 0 Å². The molecule has 0 spiro atoms. The lowest BCUT2D eigenvalue weighted by Crippen LogP contribution is -2.47. The number of carbonyl (C=O) groups excluding carboxylic acids is 1. The molecule has 3 aliphatic rings. The Balaban J connectivity index is 1.81. The van der Waals surface area contributed by atoms with Crippen molar-refractivity contribution in [3.8, 4) is 0 Å². The molecule has 3 N–H and O–H groups in total. The number of carbonyl (C=O) groups is 1. The molecule has 2 aliphatic carbocycles. The Morgan fingerprint density at radius 1 is 1.09 bits per heavy atom. The quantitative estimate of drug-likeness (QED) is 0.411. The maximum Gasteiger partial charge on any atom is 0.227 e. The molecule has 0 saturated carbocycles. The molecule has 0 aromatic carbocycles. The average molecular weight is 450 g/mol. The molecular formula is C29H39NO3. The number of allylic oxidation sites excluding steroid dienone is 10. The molecule has 1 fully saturated rings. The molecule has 4 heteroatoms. The third-order valence-corrected chi connectivity index (χ3v) is 6.85. The lowest BCUT2D eigenvalue weighted by atomic mass is 9.75. The summed E-state index contributed by atoms with van der Waals surface area (Å²) >= 11 is 0. The lowest BCUT2D eigenvalue weighted by Gasteiger charge is -2.35. The molecule has 1 aliphatic heterocycles. The molecule has 1 saturated heterocycles.